The number of hydrogen-bond donors (Lipinski definition) is 0. The first-order valence-electron chi connectivity index (χ1n) is 1.07. The molecule has 0 radical (unpaired) electrons. The SMILES string of the molecule is O.O=C([O-])C(=O)[O-].[Ca+2].[Ca+2].[H-].[H-]. The fourth-order valence-electron chi connectivity index (χ4n) is 0. The van der Waals surface area contributed by atoms with Gasteiger partial charge >= 0.3 is 75.5 Å². The molecule has 0 amide bonds. The van der Waals surface area contributed by atoms with Crippen LogP contribution in [0.25, 0.3) is 0 Å². The van der Waals surface area contributed by atoms with E-state index in [2.05, 4.69) is 0 Å². The third-order valence-electron chi connectivity index (χ3n) is 0.167. The van der Waals surface area contributed by atoms with Crippen LogP contribution in [0.5, 0.6) is 0 Å². The molecule has 5 nitrogen and oxygen atoms in total. The largest absolute Gasteiger partial charge is 2.00 e. The van der Waals surface area contributed by atoms with Gasteiger partial charge in [-0.1, -0.05) is 0 Å². The predicted octanol–water partition coefficient (Wildman–Crippen LogP) is -4.88. The minimum Gasteiger partial charge on any atom is -1.00 e. The van der Waals surface area contributed by atoms with Crippen molar-refractivity contribution in [2.45, 2.75) is 0 Å². The van der Waals surface area contributed by atoms with Gasteiger partial charge in [0, 0.05) is 0 Å². The zero-order chi connectivity index (χ0) is 5.15. The summed E-state index contributed by atoms with van der Waals surface area (Å²) in [6.07, 6.45) is 0. The summed E-state index contributed by atoms with van der Waals surface area (Å²) in [5.41, 5.74) is 0. The van der Waals surface area contributed by atoms with E-state index in [9.17, 15) is 0 Å². The van der Waals surface area contributed by atoms with Gasteiger partial charge in [-0.2, -0.15) is 0 Å². The quantitative estimate of drug-likeness (QED) is 0.280. The van der Waals surface area contributed by atoms with Crippen LogP contribution in [-0.2, 0) is 9.59 Å². The number of rotatable bonds is 0. The van der Waals surface area contributed by atoms with Gasteiger partial charge in [-0.05, 0) is 0 Å². The van der Waals surface area contributed by atoms with Gasteiger partial charge in [0.2, 0.25) is 0 Å². The summed E-state index contributed by atoms with van der Waals surface area (Å²) in [6.45, 7) is 0. The van der Waals surface area contributed by atoms with E-state index >= 15 is 0 Å². The third-order valence-corrected chi connectivity index (χ3v) is 0.167. The zero-order valence-corrected chi connectivity index (χ0v) is 8.96. The molecule has 0 atom stereocenters. The van der Waals surface area contributed by atoms with Crippen LogP contribution in [-0.4, -0.2) is 92.9 Å². The van der Waals surface area contributed by atoms with E-state index in [1.165, 1.54) is 0 Å². The van der Waals surface area contributed by atoms with E-state index in [0.29, 0.717) is 0 Å². The van der Waals surface area contributed by atoms with Gasteiger partial charge in [-0.25, -0.2) is 0 Å². The molecule has 2 N–H and O–H groups in total. The van der Waals surface area contributed by atoms with Gasteiger partial charge in [0.1, 0.15) is 0 Å². The van der Waals surface area contributed by atoms with Gasteiger partial charge in [0.25, 0.3) is 0 Å². The Kier molecular flexibility index (Phi) is 30.2. The Morgan fingerprint density at radius 1 is 1.00 bits per heavy atom. The standard InChI is InChI=1S/C2H2O4.2Ca.H2O.2H/c3-1(4)2(5)6;;;;;/h(H,3,4)(H,5,6);;;1H2;;/q;2*+2;;2*-1/p-2. The molecule has 0 aromatic rings. The fraction of sp³-hybridized carbons (Fsp3) is 0. The molecule has 0 spiro atoms. The number of carboxylic acids is 2. The molecule has 0 heterocycles. The molecule has 7 heteroatoms. The van der Waals surface area contributed by atoms with E-state index < -0.39 is 11.9 Å². The molecule has 46 valence electrons. The van der Waals surface area contributed by atoms with Crippen molar-refractivity contribution in [3.8, 4) is 0 Å². The average Bonchev–Trinajstić information content (AvgIpc) is 1.36. The van der Waals surface area contributed by atoms with Crippen molar-refractivity contribution in [2.75, 3.05) is 0 Å². The van der Waals surface area contributed by atoms with Crippen LogP contribution in [0.4, 0.5) is 0 Å². The Morgan fingerprint density at radius 2 is 1.11 bits per heavy atom. The summed E-state index contributed by atoms with van der Waals surface area (Å²) < 4.78 is 0. The Hall–Kier alpha value is 1.42. The minimum atomic E-state index is -2.19. The maximum atomic E-state index is 8.93. The van der Waals surface area contributed by atoms with Crippen LogP contribution in [0.1, 0.15) is 2.85 Å². The van der Waals surface area contributed by atoms with E-state index in [1.807, 2.05) is 0 Å². The van der Waals surface area contributed by atoms with Crippen molar-refractivity contribution >= 4 is 87.4 Å². The average molecular weight is 188 g/mol. The predicted molar refractivity (Wildman–Crippen MR) is 27.4 cm³/mol. The van der Waals surface area contributed by atoms with E-state index in [0.717, 1.165) is 0 Å². The molecule has 0 fully saturated rings. The molecule has 0 aliphatic carbocycles. The monoisotopic (exact) mass is 188 g/mol. The maximum Gasteiger partial charge on any atom is 2.00 e. The molecule has 0 unspecified atom stereocenters. The first-order valence-corrected chi connectivity index (χ1v) is 1.07. The summed E-state index contributed by atoms with van der Waals surface area (Å²) >= 11 is 0. The molecule has 0 aromatic heterocycles. The number of hydrogen-bond acceptors (Lipinski definition) is 4. The minimum absolute atomic E-state index is 0. The summed E-state index contributed by atoms with van der Waals surface area (Å²) in [5, 5.41) is 17.9. The first-order chi connectivity index (χ1) is 2.64. The second-order valence-electron chi connectivity index (χ2n) is 0.575. The van der Waals surface area contributed by atoms with Crippen LogP contribution >= 0.6 is 0 Å². The molecule has 0 rings (SSSR count). The summed E-state index contributed by atoms with van der Waals surface area (Å²) in [7, 11) is 0. The van der Waals surface area contributed by atoms with Gasteiger partial charge in [0.15, 0.2) is 0 Å². The van der Waals surface area contributed by atoms with Crippen LogP contribution < -0.4 is 10.2 Å². The van der Waals surface area contributed by atoms with Crippen LogP contribution in [0.2, 0.25) is 0 Å². The number of carboxylic acid groups (broad SMARTS) is 2. The topological polar surface area (TPSA) is 112 Å². The molecule has 0 aliphatic heterocycles. The van der Waals surface area contributed by atoms with Crippen molar-refractivity contribution in [1.29, 1.82) is 0 Å². The number of carbonyl (C=O) groups is 2. The van der Waals surface area contributed by atoms with Gasteiger partial charge in [-0.15, -0.1) is 0 Å². The summed E-state index contributed by atoms with van der Waals surface area (Å²) in [6, 6.07) is 0. The Labute approximate surface area is 114 Å². The van der Waals surface area contributed by atoms with Crippen molar-refractivity contribution in [3.05, 3.63) is 0 Å². The smallest absolute Gasteiger partial charge is 1.00 e. The Morgan fingerprint density at radius 3 is 1.11 bits per heavy atom. The molecule has 0 aromatic carbocycles. The third kappa shape index (κ3) is 17.7. The van der Waals surface area contributed by atoms with Crippen LogP contribution in [0.3, 0.4) is 0 Å². The molecule has 9 heavy (non-hydrogen) atoms. The number of aliphatic carboxylic acids is 2. The van der Waals surface area contributed by atoms with E-state index in [-0.39, 0.29) is 83.8 Å². The summed E-state index contributed by atoms with van der Waals surface area (Å²) in [5.74, 6) is -4.37. The Balaban J connectivity index is -0.0000000125. The van der Waals surface area contributed by atoms with Crippen molar-refractivity contribution < 1.29 is 28.1 Å². The molecular weight excluding hydrogens is 184 g/mol. The van der Waals surface area contributed by atoms with Crippen LogP contribution in [0.15, 0.2) is 0 Å². The number of carbonyl (C=O) groups excluding carboxylic acids is 2. The molecular formula is C2H4Ca2O5. The van der Waals surface area contributed by atoms with Gasteiger partial charge in [-0.3, -0.25) is 0 Å². The molecule has 0 saturated carbocycles. The van der Waals surface area contributed by atoms with Crippen molar-refractivity contribution in [1.82, 2.24) is 0 Å². The molecule has 0 aliphatic rings. The van der Waals surface area contributed by atoms with Crippen LogP contribution in [0, 0.1) is 0 Å². The van der Waals surface area contributed by atoms with Crippen molar-refractivity contribution in [3.63, 3.8) is 0 Å². The van der Waals surface area contributed by atoms with Crippen molar-refractivity contribution in [2.24, 2.45) is 0 Å². The second kappa shape index (κ2) is 12.1. The normalized spacial score (nSPS) is 4.89. The van der Waals surface area contributed by atoms with E-state index in [1.54, 1.807) is 0 Å². The molecule has 0 bridgehead atoms. The van der Waals surface area contributed by atoms with E-state index in [4.69, 9.17) is 19.8 Å². The van der Waals surface area contributed by atoms with Gasteiger partial charge in [0.05, 0.1) is 11.9 Å². The Bertz CT molecular complexity index is 86.5. The molecule has 0 saturated heterocycles. The first kappa shape index (κ1) is 22.4. The van der Waals surface area contributed by atoms with Gasteiger partial charge < -0.3 is 28.1 Å². The summed E-state index contributed by atoms with van der Waals surface area (Å²) in [4.78, 5) is 17.9. The zero-order valence-electron chi connectivity index (χ0n) is 6.55. The fourth-order valence-corrected chi connectivity index (χ4v) is 0. The second-order valence-corrected chi connectivity index (χ2v) is 0.575. The maximum absolute atomic E-state index is 8.93.